The molecule has 3 rings (SSSR count). The van der Waals surface area contributed by atoms with Crippen LogP contribution in [0.5, 0.6) is 0 Å². The van der Waals surface area contributed by atoms with Crippen molar-refractivity contribution in [3.63, 3.8) is 0 Å². The average molecular weight is 285 g/mol. The van der Waals surface area contributed by atoms with E-state index in [1.54, 1.807) is 13.4 Å². The topological polar surface area (TPSA) is 51.5 Å². The molecule has 2 atom stereocenters. The van der Waals surface area contributed by atoms with E-state index in [1.165, 1.54) is 0 Å². The van der Waals surface area contributed by atoms with Gasteiger partial charge in [-0.15, -0.1) is 0 Å². The Balaban J connectivity index is 1.75. The molecule has 4 nitrogen and oxygen atoms in total. The third kappa shape index (κ3) is 2.85. The second-order valence-corrected chi connectivity index (χ2v) is 5.28. The lowest BCUT2D eigenvalue weighted by Crippen LogP contribution is -2.35. The van der Waals surface area contributed by atoms with Crippen molar-refractivity contribution >= 4 is 5.91 Å². The van der Waals surface area contributed by atoms with Crippen LogP contribution in [0, 0.1) is 0 Å². The number of aryl methyl sites for hydroxylation is 1. The molecule has 0 unspecified atom stereocenters. The van der Waals surface area contributed by atoms with Crippen LogP contribution in [0.4, 0.5) is 0 Å². The van der Waals surface area contributed by atoms with Crippen LogP contribution >= 0.6 is 0 Å². The van der Waals surface area contributed by atoms with Gasteiger partial charge >= 0.3 is 0 Å². The zero-order valence-corrected chi connectivity index (χ0v) is 12.0. The first-order valence-electron chi connectivity index (χ1n) is 7.24. The molecule has 110 valence electrons. The number of methoxy groups -OCH3 is 1. The lowest BCUT2D eigenvalue weighted by Gasteiger charge is -2.25. The van der Waals surface area contributed by atoms with Crippen LogP contribution in [0.3, 0.4) is 0 Å². The first-order chi connectivity index (χ1) is 10.3. The van der Waals surface area contributed by atoms with Crippen LogP contribution in [0.2, 0.25) is 0 Å². The fraction of sp³-hybridized carbons (Fsp3) is 0.353. The maximum Gasteiger partial charge on any atom is 0.254 e. The third-order valence-corrected chi connectivity index (χ3v) is 3.94. The summed E-state index contributed by atoms with van der Waals surface area (Å²) < 4.78 is 10.8. The smallest absolute Gasteiger partial charge is 0.254 e. The van der Waals surface area contributed by atoms with Gasteiger partial charge in [0.15, 0.2) is 6.10 Å². The van der Waals surface area contributed by atoms with E-state index in [0.29, 0.717) is 0 Å². The number of benzene rings is 1. The quantitative estimate of drug-likeness (QED) is 0.938. The highest BCUT2D eigenvalue weighted by Crippen LogP contribution is 2.31. The van der Waals surface area contributed by atoms with Crippen LogP contribution in [-0.2, 0) is 16.0 Å². The molecular formula is C17H19NO3. The highest BCUT2D eigenvalue weighted by atomic mass is 16.5. The Labute approximate surface area is 124 Å². The fourth-order valence-electron chi connectivity index (χ4n) is 2.91. The summed E-state index contributed by atoms with van der Waals surface area (Å²) in [5.74, 6) is 0.878. The van der Waals surface area contributed by atoms with Gasteiger partial charge in [-0.3, -0.25) is 4.79 Å². The van der Waals surface area contributed by atoms with E-state index in [9.17, 15) is 4.79 Å². The molecule has 0 aliphatic heterocycles. The van der Waals surface area contributed by atoms with Crippen molar-refractivity contribution in [3.05, 3.63) is 59.5 Å². The Morgan fingerprint density at radius 2 is 2.14 bits per heavy atom. The summed E-state index contributed by atoms with van der Waals surface area (Å²) in [5.41, 5.74) is 1.96. The van der Waals surface area contributed by atoms with Gasteiger partial charge in [-0.25, -0.2) is 0 Å². The number of amides is 1. The Hall–Kier alpha value is -2.07. The number of furan rings is 1. The minimum absolute atomic E-state index is 0.0152. The summed E-state index contributed by atoms with van der Waals surface area (Å²) >= 11 is 0. The summed E-state index contributed by atoms with van der Waals surface area (Å²) in [7, 11) is 1.56. The standard InChI is InChI=1S/C17H19NO3/c1-20-16(12-6-3-2-4-7-12)17(19)18-14-8-5-9-15-13(14)10-11-21-15/h2-4,6-7,10-11,14,16H,5,8-9H2,1H3,(H,18,19)/t14-,16+/m0/s1. The predicted octanol–water partition coefficient (Wildman–Crippen LogP) is 3.16. The predicted molar refractivity (Wildman–Crippen MR) is 78.7 cm³/mol. The Bertz CT molecular complexity index is 606. The third-order valence-electron chi connectivity index (χ3n) is 3.94. The molecule has 0 fully saturated rings. The first kappa shape index (κ1) is 13.9. The molecule has 0 bridgehead atoms. The number of carbonyl (C=O) groups excluding carboxylic acids is 1. The van der Waals surface area contributed by atoms with Crippen molar-refractivity contribution in [2.75, 3.05) is 7.11 Å². The summed E-state index contributed by atoms with van der Waals surface area (Å²) in [4.78, 5) is 12.5. The van der Waals surface area contributed by atoms with Crippen LogP contribution in [-0.4, -0.2) is 13.0 Å². The number of hydrogen-bond donors (Lipinski definition) is 1. The molecule has 4 heteroatoms. The van der Waals surface area contributed by atoms with Crippen LogP contribution in [0.1, 0.15) is 41.9 Å². The van der Waals surface area contributed by atoms with Gasteiger partial charge in [0.1, 0.15) is 5.76 Å². The molecule has 0 saturated heterocycles. The molecule has 0 spiro atoms. The van der Waals surface area contributed by atoms with E-state index in [2.05, 4.69) is 5.32 Å². The maximum absolute atomic E-state index is 12.5. The molecule has 1 aromatic carbocycles. The monoisotopic (exact) mass is 285 g/mol. The summed E-state index contributed by atoms with van der Waals surface area (Å²) in [6.07, 6.45) is 4.02. The van der Waals surface area contributed by atoms with Gasteiger partial charge in [-0.1, -0.05) is 30.3 Å². The van der Waals surface area contributed by atoms with E-state index in [-0.39, 0.29) is 11.9 Å². The molecule has 1 amide bonds. The molecule has 0 radical (unpaired) electrons. The van der Waals surface area contributed by atoms with Crippen LogP contribution in [0.15, 0.2) is 47.1 Å². The van der Waals surface area contributed by atoms with Gasteiger partial charge < -0.3 is 14.5 Å². The number of carbonyl (C=O) groups is 1. The van der Waals surface area contributed by atoms with Crippen molar-refractivity contribution in [1.82, 2.24) is 5.32 Å². The molecule has 1 aliphatic rings. The zero-order valence-electron chi connectivity index (χ0n) is 12.0. The normalized spacial score (nSPS) is 18.8. The molecule has 21 heavy (non-hydrogen) atoms. The minimum Gasteiger partial charge on any atom is -0.469 e. The SMILES string of the molecule is CO[C@@H](C(=O)N[C@H]1CCCc2occc21)c1ccccc1. The average Bonchev–Trinajstić information content (AvgIpc) is 2.99. The van der Waals surface area contributed by atoms with Crippen molar-refractivity contribution in [2.45, 2.75) is 31.4 Å². The highest BCUT2D eigenvalue weighted by Gasteiger charge is 2.27. The van der Waals surface area contributed by atoms with Gasteiger partial charge in [0.05, 0.1) is 12.3 Å². The number of fused-ring (bicyclic) bond motifs is 1. The van der Waals surface area contributed by atoms with E-state index in [4.69, 9.17) is 9.15 Å². The van der Waals surface area contributed by atoms with Gasteiger partial charge in [-0.05, 0) is 24.5 Å². The lowest BCUT2D eigenvalue weighted by atomic mass is 9.93. The second kappa shape index (κ2) is 6.14. The highest BCUT2D eigenvalue weighted by molar-refractivity contribution is 5.82. The molecule has 2 aromatic rings. The Kier molecular flexibility index (Phi) is 4.06. The van der Waals surface area contributed by atoms with Crippen molar-refractivity contribution in [1.29, 1.82) is 0 Å². The fourth-order valence-corrected chi connectivity index (χ4v) is 2.91. The van der Waals surface area contributed by atoms with Gasteiger partial charge in [0.2, 0.25) is 0 Å². The Morgan fingerprint density at radius 1 is 1.33 bits per heavy atom. The first-order valence-corrected chi connectivity index (χ1v) is 7.24. The van der Waals surface area contributed by atoms with E-state index in [1.807, 2.05) is 36.4 Å². The number of hydrogen-bond acceptors (Lipinski definition) is 3. The molecular weight excluding hydrogens is 266 g/mol. The van der Waals surface area contributed by atoms with E-state index >= 15 is 0 Å². The van der Waals surface area contributed by atoms with Crippen molar-refractivity contribution < 1.29 is 13.9 Å². The van der Waals surface area contributed by atoms with Gasteiger partial charge in [-0.2, -0.15) is 0 Å². The van der Waals surface area contributed by atoms with Crippen LogP contribution in [0.25, 0.3) is 0 Å². The Morgan fingerprint density at radius 3 is 2.90 bits per heavy atom. The van der Waals surface area contributed by atoms with Gasteiger partial charge in [0.25, 0.3) is 5.91 Å². The van der Waals surface area contributed by atoms with Crippen molar-refractivity contribution in [3.8, 4) is 0 Å². The molecule has 1 aliphatic carbocycles. The molecule has 1 heterocycles. The largest absolute Gasteiger partial charge is 0.469 e. The number of nitrogens with one attached hydrogen (secondary N) is 1. The zero-order chi connectivity index (χ0) is 14.7. The van der Waals surface area contributed by atoms with Crippen molar-refractivity contribution in [2.24, 2.45) is 0 Å². The van der Waals surface area contributed by atoms with E-state index < -0.39 is 6.10 Å². The van der Waals surface area contributed by atoms with Crippen LogP contribution < -0.4 is 5.32 Å². The van der Waals surface area contributed by atoms with E-state index in [0.717, 1.165) is 36.1 Å². The minimum atomic E-state index is -0.580. The lowest BCUT2D eigenvalue weighted by molar-refractivity contribution is -0.132. The maximum atomic E-state index is 12.5. The molecule has 0 saturated carbocycles. The summed E-state index contributed by atoms with van der Waals surface area (Å²) in [5, 5.41) is 3.09. The summed E-state index contributed by atoms with van der Waals surface area (Å²) in [6, 6.07) is 11.5. The number of ether oxygens (including phenoxy) is 1. The summed E-state index contributed by atoms with van der Waals surface area (Å²) in [6.45, 7) is 0. The molecule has 1 aromatic heterocycles. The number of rotatable bonds is 4. The molecule has 1 N–H and O–H groups in total. The van der Waals surface area contributed by atoms with Gasteiger partial charge in [0, 0.05) is 19.1 Å². The second-order valence-electron chi connectivity index (χ2n) is 5.28.